The molecule has 0 fully saturated rings. The second kappa shape index (κ2) is 18.2. The average molecular weight is 387 g/mol. The maximum atomic E-state index is 12.4. The third kappa shape index (κ3) is 16.7. The number of esters is 2. The summed E-state index contributed by atoms with van der Waals surface area (Å²) in [6, 6.07) is -0.624. The van der Waals surface area contributed by atoms with Crippen molar-refractivity contribution < 1.29 is 19.1 Å². The molecule has 0 saturated heterocycles. The molecular formula is C21H42N2O4. The fourth-order valence-corrected chi connectivity index (χ4v) is 2.65. The molecule has 0 heterocycles. The molecule has 0 aromatic heterocycles. The Morgan fingerprint density at radius 3 is 2.00 bits per heavy atom. The molecule has 27 heavy (non-hydrogen) atoms. The van der Waals surface area contributed by atoms with Crippen LogP contribution in [0, 0.1) is 0 Å². The maximum absolute atomic E-state index is 12.4. The Bertz CT molecular complexity index is 375. The molecule has 0 amide bonds. The minimum absolute atomic E-state index is 0.0313. The molecular weight excluding hydrogens is 344 g/mol. The van der Waals surface area contributed by atoms with E-state index in [2.05, 4.69) is 24.1 Å². The predicted molar refractivity (Wildman–Crippen MR) is 110 cm³/mol. The molecule has 1 atom stereocenters. The fourth-order valence-electron chi connectivity index (χ4n) is 2.65. The molecule has 0 aliphatic heterocycles. The van der Waals surface area contributed by atoms with E-state index in [-0.39, 0.29) is 18.4 Å². The Hall–Kier alpha value is -1.14. The number of carbonyl (C=O) groups is 2. The lowest BCUT2D eigenvalue weighted by Gasteiger charge is -2.18. The standard InChI is InChI=1S/C21H42N2O4/c1-5-7-9-11-16-26-20(24)18-19(22-14-13-15-23(3)4)21(25)27-17-12-10-8-6-2/h19,22H,5-18H2,1-4H3. The second-order valence-corrected chi connectivity index (χ2v) is 7.38. The van der Waals surface area contributed by atoms with Crippen LogP contribution in [0.1, 0.15) is 78.1 Å². The van der Waals surface area contributed by atoms with Gasteiger partial charge in [0.2, 0.25) is 0 Å². The summed E-state index contributed by atoms with van der Waals surface area (Å²) in [7, 11) is 4.02. The summed E-state index contributed by atoms with van der Waals surface area (Å²) >= 11 is 0. The molecule has 0 rings (SSSR count). The molecule has 160 valence electrons. The monoisotopic (exact) mass is 386 g/mol. The highest BCUT2D eigenvalue weighted by Gasteiger charge is 2.23. The molecule has 1 unspecified atom stereocenters. The zero-order valence-corrected chi connectivity index (χ0v) is 18.1. The van der Waals surface area contributed by atoms with Crippen molar-refractivity contribution in [1.82, 2.24) is 10.2 Å². The zero-order chi connectivity index (χ0) is 20.3. The quantitative estimate of drug-likeness (QED) is 0.287. The molecule has 0 bridgehead atoms. The summed E-state index contributed by atoms with van der Waals surface area (Å²) in [5.41, 5.74) is 0. The number of nitrogens with one attached hydrogen (secondary N) is 1. The highest BCUT2D eigenvalue weighted by Crippen LogP contribution is 2.05. The largest absolute Gasteiger partial charge is 0.466 e. The van der Waals surface area contributed by atoms with E-state index in [1.807, 2.05) is 14.1 Å². The number of unbranched alkanes of at least 4 members (excludes halogenated alkanes) is 6. The Morgan fingerprint density at radius 1 is 0.852 bits per heavy atom. The van der Waals surface area contributed by atoms with Crippen LogP contribution >= 0.6 is 0 Å². The molecule has 0 aliphatic carbocycles. The molecule has 0 aromatic carbocycles. The molecule has 0 saturated carbocycles. The van der Waals surface area contributed by atoms with Crippen LogP contribution in [-0.2, 0) is 19.1 Å². The highest BCUT2D eigenvalue weighted by atomic mass is 16.5. The minimum Gasteiger partial charge on any atom is -0.466 e. The van der Waals surface area contributed by atoms with E-state index < -0.39 is 6.04 Å². The SMILES string of the molecule is CCCCCCOC(=O)CC(NCCCN(C)C)C(=O)OCCCCCC. The van der Waals surface area contributed by atoms with E-state index >= 15 is 0 Å². The van der Waals surface area contributed by atoms with Crippen LogP contribution < -0.4 is 5.32 Å². The third-order valence-electron chi connectivity index (χ3n) is 4.33. The van der Waals surface area contributed by atoms with E-state index in [0.717, 1.165) is 64.3 Å². The van der Waals surface area contributed by atoms with Crippen molar-refractivity contribution in [3.8, 4) is 0 Å². The van der Waals surface area contributed by atoms with Crippen molar-refractivity contribution in [3.63, 3.8) is 0 Å². The number of hydrogen-bond donors (Lipinski definition) is 1. The second-order valence-electron chi connectivity index (χ2n) is 7.38. The summed E-state index contributed by atoms with van der Waals surface area (Å²) < 4.78 is 10.6. The van der Waals surface area contributed by atoms with E-state index in [0.29, 0.717) is 19.8 Å². The average Bonchev–Trinajstić information content (AvgIpc) is 2.63. The molecule has 0 aromatic rings. The van der Waals surface area contributed by atoms with Gasteiger partial charge in [-0.1, -0.05) is 52.4 Å². The molecule has 1 N–H and O–H groups in total. The van der Waals surface area contributed by atoms with Gasteiger partial charge in [0.15, 0.2) is 0 Å². The Morgan fingerprint density at radius 2 is 1.44 bits per heavy atom. The smallest absolute Gasteiger partial charge is 0.323 e. The number of carbonyl (C=O) groups excluding carboxylic acids is 2. The van der Waals surface area contributed by atoms with E-state index in [1.54, 1.807) is 0 Å². The van der Waals surface area contributed by atoms with Gasteiger partial charge >= 0.3 is 11.9 Å². The van der Waals surface area contributed by atoms with Gasteiger partial charge in [0.05, 0.1) is 19.6 Å². The van der Waals surface area contributed by atoms with Gasteiger partial charge in [-0.2, -0.15) is 0 Å². The van der Waals surface area contributed by atoms with Crippen LogP contribution in [0.5, 0.6) is 0 Å². The van der Waals surface area contributed by atoms with Gasteiger partial charge in [0.25, 0.3) is 0 Å². The van der Waals surface area contributed by atoms with Crippen molar-refractivity contribution in [3.05, 3.63) is 0 Å². The van der Waals surface area contributed by atoms with Crippen molar-refractivity contribution in [1.29, 1.82) is 0 Å². The molecule has 6 nitrogen and oxygen atoms in total. The van der Waals surface area contributed by atoms with Gasteiger partial charge in [0.1, 0.15) is 6.04 Å². The molecule has 6 heteroatoms. The van der Waals surface area contributed by atoms with Gasteiger partial charge < -0.3 is 19.7 Å². The van der Waals surface area contributed by atoms with Gasteiger partial charge in [-0.25, -0.2) is 0 Å². The predicted octanol–water partition coefficient (Wildman–Crippen LogP) is 3.53. The van der Waals surface area contributed by atoms with Gasteiger partial charge in [-0.15, -0.1) is 0 Å². The van der Waals surface area contributed by atoms with Crippen molar-refractivity contribution in [2.75, 3.05) is 40.4 Å². The number of nitrogens with zero attached hydrogens (tertiary/aromatic N) is 1. The maximum Gasteiger partial charge on any atom is 0.323 e. The van der Waals surface area contributed by atoms with Crippen molar-refractivity contribution in [2.45, 2.75) is 84.1 Å². The van der Waals surface area contributed by atoms with Crippen LogP contribution in [0.4, 0.5) is 0 Å². The van der Waals surface area contributed by atoms with E-state index in [4.69, 9.17) is 9.47 Å². The Balaban J connectivity index is 4.28. The Labute approximate surface area is 166 Å². The fraction of sp³-hybridized carbons (Fsp3) is 0.905. The zero-order valence-electron chi connectivity index (χ0n) is 18.1. The van der Waals surface area contributed by atoms with Crippen molar-refractivity contribution >= 4 is 11.9 Å². The van der Waals surface area contributed by atoms with Crippen LogP contribution in [0.3, 0.4) is 0 Å². The first kappa shape index (κ1) is 25.9. The van der Waals surface area contributed by atoms with E-state index in [9.17, 15) is 9.59 Å². The van der Waals surface area contributed by atoms with Gasteiger partial charge in [0, 0.05) is 0 Å². The van der Waals surface area contributed by atoms with Crippen molar-refractivity contribution in [2.24, 2.45) is 0 Å². The summed E-state index contributed by atoms with van der Waals surface area (Å²) in [5.74, 6) is -0.682. The summed E-state index contributed by atoms with van der Waals surface area (Å²) in [5, 5.41) is 3.17. The first-order valence-corrected chi connectivity index (χ1v) is 10.7. The van der Waals surface area contributed by atoms with Gasteiger partial charge in [-0.3, -0.25) is 9.59 Å². The lowest BCUT2D eigenvalue weighted by molar-refractivity contribution is -0.153. The van der Waals surface area contributed by atoms with Crippen LogP contribution in [-0.4, -0.2) is 63.3 Å². The van der Waals surface area contributed by atoms with Gasteiger partial charge in [-0.05, 0) is 46.4 Å². The number of ether oxygens (including phenoxy) is 2. The lowest BCUT2D eigenvalue weighted by atomic mass is 10.2. The lowest BCUT2D eigenvalue weighted by Crippen LogP contribution is -2.41. The van der Waals surface area contributed by atoms with Crippen LogP contribution in [0.2, 0.25) is 0 Å². The van der Waals surface area contributed by atoms with E-state index in [1.165, 1.54) is 0 Å². The summed E-state index contributed by atoms with van der Waals surface area (Å²) in [4.78, 5) is 26.5. The van der Waals surface area contributed by atoms with Crippen LogP contribution in [0.25, 0.3) is 0 Å². The number of rotatable bonds is 18. The van der Waals surface area contributed by atoms with Crippen LogP contribution in [0.15, 0.2) is 0 Å². The first-order chi connectivity index (χ1) is 13.0. The summed E-state index contributed by atoms with van der Waals surface area (Å²) in [6.07, 6.45) is 9.40. The highest BCUT2D eigenvalue weighted by molar-refractivity contribution is 5.82. The normalized spacial score (nSPS) is 12.2. The molecule has 0 radical (unpaired) electrons. The minimum atomic E-state index is -0.624. The number of hydrogen-bond acceptors (Lipinski definition) is 6. The Kier molecular flexibility index (Phi) is 17.5. The summed E-state index contributed by atoms with van der Waals surface area (Å²) in [6.45, 7) is 6.73. The topological polar surface area (TPSA) is 67.9 Å². The molecule has 0 aliphatic rings. The molecule has 0 spiro atoms. The first-order valence-electron chi connectivity index (χ1n) is 10.7. The third-order valence-corrected chi connectivity index (χ3v) is 4.33.